The Kier molecular flexibility index (Phi) is 5.23. The van der Waals surface area contributed by atoms with Gasteiger partial charge in [-0.2, -0.15) is 0 Å². The summed E-state index contributed by atoms with van der Waals surface area (Å²) in [6.07, 6.45) is 3.95. The van der Waals surface area contributed by atoms with E-state index in [9.17, 15) is 9.59 Å². The van der Waals surface area contributed by atoms with E-state index in [0.29, 0.717) is 12.3 Å². The SMILES string of the molecule is CNC(=O)C1CN(CC(=O)N2CCCCCC2)c2ccccc2O1. The number of likely N-dealkylation sites (N-methyl/N-ethyl adjacent to an activating group) is 1. The molecule has 2 heterocycles. The van der Waals surface area contributed by atoms with Crippen LogP contribution >= 0.6 is 0 Å². The first-order valence-electron chi connectivity index (χ1n) is 8.69. The summed E-state index contributed by atoms with van der Waals surface area (Å²) in [5.74, 6) is 0.613. The van der Waals surface area contributed by atoms with Crippen LogP contribution in [0.15, 0.2) is 24.3 Å². The minimum Gasteiger partial charge on any atom is -0.477 e. The number of nitrogens with one attached hydrogen (secondary N) is 1. The number of amides is 2. The number of benzene rings is 1. The largest absolute Gasteiger partial charge is 0.477 e. The van der Waals surface area contributed by atoms with Crippen LogP contribution in [0.2, 0.25) is 0 Å². The maximum Gasteiger partial charge on any atom is 0.262 e. The fourth-order valence-corrected chi connectivity index (χ4v) is 3.34. The Labute approximate surface area is 142 Å². The zero-order chi connectivity index (χ0) is 16.9. The minimum atomic E-state index is -0.596. The van der Waals surface area contributed by atoms with Crippen molar-refractivity contribution in [3.63, 3.8) is 0 Å². The van der Waals surface area contributed by atoms with Crippen LogP contribution in [0, 0.1) is 0 Å². The number of hydrogen-bond acceptors (Lipinski definition) is 4. The Balaban J connectivity index is 1.75. The van der Waals surface area contributed by atoms with Crippen LogP contribution in [0.25, 0.3) is 0 Å². The second-order valence-electron chi connectivity index (χ2n) is 6.36. The highest BCUT2D eigenvalue weighted by Gasteiger charge is 2.31. The zero-order valence-electron chi connectivity index (χ0n) is 14.2. The molecule has 130 valence electrons. The van der Waals surface area contributed by atoms with E-state index in [0.717, 1.165) is 31.6 Å². The summed E-state index contributed by atoms with van der Waals surface area (Å²) in [4.78, 5) is 28.6. The first kappa shape index (κ1) is 16.6. The lowest BCUT2D eigenvalue weighted by Gasteiger charge is -2.36. The Morgan fingerprint density at radius 3 is 2.58 bits per heavy atom. The van der Waals surface area contributed by atoms with Crippen molar-refractivity contribution in [2.45, 2.75) is 31.8 Å². The zero-order valence-corrected chi connectivity index (χ0v) is 14.2. The van der Waals surface area contributed by atoms with Crippen molar-refractivity contribution in [3.8, 4) is 5.75 Å². The third-order valence-corrected chi connectivity index (χ3v) is 4.69. The van der Waals surface area contributed by atoms with E-state index >= 15 is 0 Å². The number of rotatable bonds is 3. The number of ether oxygens (including phenoxy) is 1. The topological polar surface area (TPSA) is 61.9 Å². The Bertz CT molecular complexity index is 597. The third kappa shape index (κ3) is 3.63. The van der Waals surface area contributed by atoms with Gasteiger partial charge in [0, 0.05) is 20.1 Å². The van der Waals surface area contributed by atoms with Gasteiger partial charge < -0.3 is 19.9 Å². The molecule has 1 aromatic carbocycles. The summed E-state index contributed by atoms with van der Waals surface area (Å²) in [6, 6.07) is 7.57. The molecule has 1 fully saturated rings. The van der Waals surface area contributed by atoms with Crippen molar-refractivity contribution in [1.82, 2.24) is 10.2 Å². The van der Waals surface area contributed by atoms with E-state index in [1.165, 1.54) is 12.8 Å². The molecule has 1 aromatic rings. The molecule has 6 heteroatoms. The first-order valence-corrected chi connectivity index (χ1v) is 8.69. The molecule has 0 aromatic heterocycles. The number of para-hydroxylation sites is 2. The van der Waals surface area contributed by atoms with Crippen LogP contribution in [-0.2, 0) is 9.59 Å². The van der Waals surface area contributed by atoms with Crippen molar-refractivity contribution in [3.05, 3.63) is 24.3 Å². The van der Waals surface area contributed by atoms with Crippen LogP contribution in [0.5, 0.6) is 5.75 Å². The first-order chi connectivity index (χ1) is 11.7. The van der Waals surface area contributed by atoms with Crippen molar-refractivity contribution >= 4 is 17.5 Å². The van der Waals surface area contributed by atoms with Gasteiger partial charge in [-0.3, -0.25) is 9.59 Å². The van der Waals surface area contributed by atoms with Gasteiger partial charge in [0.15, 0.2) is 6.10 Å². The molecular formula is C18H25N3O3. The molecule has 0 bridgehead atoms. The summed E-state index contributed by atoms with van der Waals surface area (Å²) in [5.41, 5.74) is 0.876. The highest BCUT2D eigenvalue weighted by molar-refractivity contribution is 5.86. The van der Waals surface area contributed by atoms with E-state index in [2.05, 4.69) is 5.32 Å². The molecular weight excluding hydrogens is 306 g/mol. The normalized spacial score (nSPS) is 20.6. The van der Waals surface area contributed by atoms with Gasteiger partial charge in [0.1, 0.15) is 5.75 Å². The number of carbonyl (C=O) groups is 2. The summed E-state index contributed by atoms with van der Waals surface area (Å²) in [7, 11) is 1.60. The lowest BCUT2D eigenvalue weighted by Crippen LogP contribution is -2.51. The summed E-state index contributed by atoms with van der Waals surface area (Å²) >= 11 is 0. The summed E-state index contributed by atoms with van der Waals surface area (Å²) in [5, 5.41) is 2.63. The number of carbonyl (C=O) groups excluding carboxylic acids is 2. The third-order valence-electron chi connectivity index (χ3n) is 4.69. The number of likely N-dealkylation sites (tertiary alicyclic amines) is 1. The van der Waals surface area contributed by atoms with Crippen molar-refractivity contribution in [2.24, 2.45) is 0 Å². The van der Waals surface area contributed by atoms with E-state index < -0.39 is 6.10 Å². The molecule has 1 unspecified atom stereocenters. The predicted molar refractivity (Wildman–Crippen MR) is 92.2 cm³/mol. The highest BCUT2D eigenvalue weighted by atomic mass is 16.5. The van der Waals surface area contributed by atoms with E-state index in [-0.39, 0.29) is 18.4 Å². The van der Waals surface area contributed by atoms with Crippen LogP contribution in [0.3, 0.4) is 0 Å². The molecule has 3 rings (SSSR count). The van der Waals surface area contributed by atoms with Gasteiger partial charge in [0.25, 0.3) is 5.91 Å². The van der Waals surface area contributed by atoms with Crippen LogP contribution in [0.4, 0.5) is 5.69 Å². The average molecular weight is 331 g/mol. The Morgan fingerprint density at radius 2 is 1.88 bits per heavy atom. The molecule has 1 saturated heterocycles. The molecule has 24 heavy (non-hydrogen) atoms. The molecule has 0 spiro atoms. The second-order valence-corrected chi connectivity index (χ2v) is 6.36. The Morgan fingerprint density at radius 1 is 1.17 bits per heavy atom. The fraction of sp³-hybridized carbons (Fsp3) is 0.556. The van der Waals surface area contributed by atoms with Crippen molar-refractivity contribution < 1.29 is 14.3 Å². The van der Waals surface area contributed by atoms with Gasteiger partial charge in [-0.05, 0) is 25.0 Å². The van der Waals surface area contributed by atoms with E-state index in [1.54, 1.807) is 7.05 Å². The molecule has 2 aliphatic heterocycles. The monoisotopic (exact) mass is 331 g/mol. The molecule has 0 radical (unpaired) electrons. The van der Waals surface area contributed by atoms with E-state index in [4.69, 9.17) is 4.74 Å². The van der Waals surface area contributed by atoms with E-state index in [1.807, 2.05) is 34.1 Å². The maximum atomic E-state index is 12.7. The van der Waals surface area contributed by atoms with Gasteiger partial charge in [0.2, 0.25) is 5.91 Å². The Hall–Kier alpha value is -2.24. The van der Waals surface area contributed by atoms with Gasteiger partial charge in [-0.25, -0.2) is 0 Å². The fourth-order valence-electron chi connectivity index (χ4n) is 3.34. The van der Waals surface area contributed by atoms with Crippen molar-refractivity contribution in [1.29, 1.82) is 0 Å². The predicted octanol–water partition coefficient (Wildman–Crippen LogP) is 1.40. The molecule has 2 aliphatic rings. The number of fused-ring (bicyclic) bond motifs is 1. The number of hydrogen-bond donors (Lipinski definition) is 1. The quantitative estimate of drug-likeness (QED) is 0.909. The number of nitrogens with zero attached hydrogens (tertiary/aromatic N) is 2. The minimum absolute atomic E-state index is 0.129. The molecule has 0 saturated carbocycles. The molecule has 1 atom stereocenters. The van der Waals surface area contributed by atoms with Crippen LogP contribution < -0.4 is 15.0 Å². The molecule has 0 aliphatic carbocycles. The lowest BCUT2D eigenvalue weighted by atomic mass is 10.1. The second kappa shape index (κ2) is 7.55. The number of anilines is 1. The standard InChI is InChI=1S/C18H25N3O3/c1-19-18(23)16-12-21(14-8-4-5-9-15(14)24-16)13-17(22)20-10-6-2-3-7-11-20/h4-5,8-9,16H,2-3,6-7,10-13H2,1H3,(H,19,23). The van der Waals surface area contributed by atoms with Gasteiger partial charge >= 0.3 is 0 Å². The molecule has 6 nitrogen and oxygen atoms in total. The van der Waals surface area contributed by atoms with Gasteiger partial charge in [0.05, 0.1) is 18.8 Å². The highest BCUT2D eigenvalue weighted by Crippen LogP contribution is 2.33. The maximum absolute atomic E-state index is 12.7. The molecule has 2 amide bonds. The molecule has 1 N–H and O–H groups in total. The van der Waals surface area contributed by atoms with Crippen LogP contribution in [-0.4, -0.2) is 56.0 Å². The summed E-state index contributed by atoms with van der Waals surface area (Å²) in [6.45, 7) is 2.34. The average Bonchev–Trinajstić information content (AvgIpc) is 2.90. The van der Waals surface area contributed by atoms with Gasteiger partial charge in [-0.15, -0.1) is 0 Å². The summed E-state index contributed by atoms with van der Waals surface area (Å²) < 4.78 is 5.78. The lowest BCUT2D eigenvalue weighted by molar-refractivity contribution is -0.131. The van der Waals surface area contributed by atoms with Crippen molar-refractivity contribution in [2.75, 3.05) is 38.1 Å². The smallest absolute Gasteiger partial charge is 0.262 e. The van der Waals surface area contributed by atoms with Crippen LogP contribution in [0.1, 0.15) is 25.7 Å². The van der Waals surface area contributed by atoms with Gasteiger partial charge in [-0.1, -0.05) is 25.0 Å².